The number of thiophene rings is 1. The Morgan fingerprint density at radius 2 is 2.35 bits per heavy atom. The van der Waals surface area contributed by atoms with Gasteiger partial charge in [-0.1, -0.05) is 0 Å². The first-order valence-electron chi connectivity index (χ1n) is 5.43. The summed E-state index contributed by atoms with van der Waals surface area (Å²) in [5.74, 6) is 0.0247. The van der Waals surface area contributed by atoms with E-state index in [1.54, 1.807) is 18.4 Å². The van der Waals surface area contributed by atoms with E-state index in [1.807, 2.05) is 12.1 Å². The standard InChI is InChI=1S/C11H17BrN2O2S/c1-16-6-2-5-14-11(15)8-13-7-9-3-4-10(12)17-9/h3-4,13H,2,5-8H2,1H3,(H,14,15). The normalized spacial score (nSPS) is 10.5. The van der Waals surface area contributed by atoms with E-state index in [4.69, 9.17) is 4.74 Å². The topological polar surface area (TPSA) is 50.4 Å². The van der Waals surface area contributed by atoms with E-state index in [9.17, 15) is 4.79 Å². The molecule has 1 aromatic rings. The van der Waals surface area contributed by atoms with Crippen LogP contribution in [0.3, 0.4) is 0 Å². The molecule has 0 aliphatic heterocycles. The molecule has 1 aromatic heterocycles. The Morgan fingerprint density at radius 1 is 1.53 bits per heavy atom. The van der Waals surface area contributed by atoms with Gasteiger partial charge in [0.15, 0.2) is 0 Å². The second-order valence-corrected chi connectivity index (χ2v) is 6.05. The van der Waals surface area contributed by atoms with Crippen LogP contribution in [0.5, 0.6) is 0 Å². The zero-order valence-electron chi connectivity index (χ0n) is 9.79. The summed E-state index contributed by atoms with van der Waals surface area (Å²) in [6, 6.07) is 4.05. The number of rotatable bonds is 8. The van der Waals surface area contributed by atoms with E-state index in [0.29, 0.717) is 19.7 Å². The maximum absolute atomic E-state index is 11.4. The van der Waals surface area contributed by atoms with Crippen LogP contribution in [0.15, 0.2) is 15.9 Å². The van der Waals surface area contributed by atoms with Crippen LogP contribution in [0.25, 0.3) is 0 Å². The minimum atomic E-state index is 0.0247. The third-order valence-electron chi connectivity index (χ3n) is 2.06. The molecule has 0 aliphatic carbocycles. The minimum absolute atomic E-state index is 0.0247. The largest absolute Gasteiger partial charge is 0.385 e. The lowest BCUT2D eigenvalue weighted by Gasteiger charge is -2.05. The van der Waals surface area contributed by atoms with Crippen molar-refractivity contribution in [3.8, 4) is 0 Å². The van der Waals surface area contributed by atoms with Gasteiger partial charge in [-0.3, -0.25) is 4.79 Å². The lowest BCUT2D eigenvalue weighted by atomic mass is 10.4. The van der Waals surface area contributed by atoms with E-state index in [2.05, 4.69) is 26.6 Å². The third kappa shape index (κ3) is 6.78. The van der Waals surface area contributed by atoms with Gasteiger partial charge in [0.05, 0.1) is 10.3 Å². The SMILES string of the molecule is COCCCNC(=O)CNCc1ccc(Br)s1. The van der Waals surface area contributed by atoms with Crippen molar-refractivity contribution < 1.29 is 9.53 Å². The Bertz CT molecular complexity index is 344. The van der Waals surface area contributed by atoms with Gasteiger partial charge in [0.2, 0.25) is 5.91 Å². The highest BCUT2D eigenvalue weighted by atomic mass is 79.9. The smallest absolute Gasteiger partial charge is 0.233 e. The highest BCUT2D eigenvalue weighted by molar-refractivity contribution is 9.11. The van der Waals surface area contributed by atoms with Gasteiger partial charge in [-0.05, 0) is 34.5 Å². The molecule has 0 fully saturated rings. The van der Waals surface area contributed by atoms with Crippen molar-refractivity contribution in [1.82, 2.24) is 10.6 Å². The number of carbonyl (C=O) groups is 1. The molecule has 96 valence electrons. The second kappa shape index (κ2) is 8.63. The van der Waals surface area contributed by atoms with Crippen LogP contribution in [0.1, 0.15) is 11.3 Å². The Balaban J connectivity index is 2.04. The van der Waals surface area contributed by atoms with E-state index < -0.39 is 0 Å². The summed E-state index contributed by atoms with van der Waals surface area (Å²) in [6.07, 6.45) is 0.847. The molecule has 1 amide bonds. The Morgan fingerprint density at radius 3 is 3.00 bits per heavy atom. The zero-order valence-corrected chi connectivity index (χ0v) is 12.2. The van der Waals surface area contributed by atoms with Crippen molar-refractivity contribution in [2.24, 2.45) is 0 Å². The number of hydrogen-bond acceptors (Lipinski definition) is 4. The lowest BCUT2D eigenvalue weighted by molar-refractivity contribution is -0.120. The fraction of sp³-hybridized carbons (Fsp3) is 0.545. The van der Waals surface area contributed by atoms with Gasteiger partial charge >= 0.3 is 0 Å². The lowest BCUT2D eigenvalue weighted by Crippen LogP contribution is -2.34. The van der Waals surface area contributed by atoms with Gasteiger partial charge in [0.25, 0.3) is 0 Å². The first-order chi connectivity index (χ1) is 8.22. The summed E-state index contributed by atoms with van der Waals surface area (Å²) in [4.78, 5) is 12.6. The number of amides is 1. The number of halogens is 1. The van der Waals surface area contributed by atoms with Crippen LogP contribution in [-0.2, 0) is 16.1 Å². The predicted octanol–water partition coefficient (Wildman–Crippen LogP) is 1.75. The first kappa shape index (κ1) is 14.6. The van der Waals surface area contributed by atoms with Crippen molar-refractivity contribution in [3.05, 3.63) is 20.8 Å². The molecule has 0 aliphatic rings. The Hall–Kier alpha value is -0.430. The van der Waals surface area contributed by atoms with E-state index in [0.717, 1.165) is 16.8 Å². The van der Waals surface area contributed by atoms with Crippen molar-refractivity contribution in [3.63, 3.8) is 0 Å². The summed E-state index contributed by atoms with van der Waals surface area (Å²) in [5.41, 5.74) is 0. The van der Waals surface area contributed by atoms with Gasteiger partial charge in [0, 0.05) is 31.7 Å². The van der Waals surface area contributed by atoms with Crippen molar-refractivity contribution in [2.45, 2.75) is 13.0 Å². The van der Waals surface area contributed by atoms with Crippen molar-refractivity contribution >= 4 is 33.2 Å². The highest BCUT2D eigenvalue weighted by Crippen LogP contribution is 2.21. The molecular formula is C11H17BrN2O2S. The molecule has 4 nitrogen and oxygen atoms in total. The predicted molar refractivity (Wildman–Crippen MR) is 73.2 cm³/mol. The molecule has 17 heavy (non-hydrogen) atoms. The quantitative estimate of drug-likeness (QED) is 0.717. The van der Waals surface area contributed by atoms with Gasteiger partial charge in [0.1, 0.15) is 0 Å². The van der Waals surface area contributed by atoms with Crippen LogP contribution in [-0.4, -0.2) is 32.7 Å². The Kier molecular flexibility index (Phi) is 7.43. The molecule has 1 heterocycles. The van der Waals surface area contributed by atoms with Gasteiger partial charge in [-0.15, -0.1) is 11.3 Å². The van der Waals surface area contributed by atoms with Crippen LogP contribution in [0, 0.1) is 0 Å². The number of methoxy groups -OCH3 is 1. The second-order valence-electron chi connectivity index (χ2n) is 3.51. The first-order valence-corrected chi connectivity index (χ1v) is 7.04. The molecule has 6 heteroatoms. The maximum Gasteiger partial charge on any atom is 0.233 e. The number of nitrogens with one attached hydrogen (secondary N) is 2. The molecular weight excluding hydrogens is 304 g/mol. The van der Waals surface area contributed by atoms with Crippen LogP contribution < -0.4 is 10.6 Å². The van der Waals surface area contributed by atoms with Crippen molar-refractivity contribution in [2.75, 3.05) is 26.8 Å². The van der Waals surface area contributed by atoms with E-state index >= 15 is 0 Å². The third-order valence-corrected chi connectivity index (χ3v) is 3.68. The molecule has 0 atom stereocenters. The minimum Gasteiger partial charge on any atom is -0.385 e. The molecule has 0 aromatic carbocycles. The summed E-state index contributed by atoms with van der Waals surface area (Å²) >= 11 is 5.07. The fourth-order valence-corrected chi connectivity index (χ4v) is 2.71. The number of hydrogen-bond donors (Lipinski definition) is 2. The number of carbonyl (C=O) groups excluding carboxylic acids is 1. The summed E-state index contributed by atoms with van der Waals surface area (Å²) < 4.78 is 6.00. The molecule has 0 unspecified atom stereocenters. The van der Waals surface area contributed by atoms with Gasteiger partial charge in [-0.2, -0.15) is 0 Å². The summed E-state index contributed by atoms with van der Waals surface area (Å²) in [6.45, 7) is 2.42. The van der Waals surface area contributed by atoms with Crippen LogP contribution in [0.4, 0.5) is 0 Å². The molecule has 0 radical (unpaired) electrons. The van der Waals surface area contributed by atoms with Crippen molar-refractivity contribution in [1.29, 1.82) is 0 Å². The molecule has 0 saturated heterocycles. The average Bonchev–Trinajstić information content (AvgIpc) is 2.71. The van der Waals surface area contributed by atoms with E-state index in [1.165, 1.54) is 4.88 Å². The fourth-order valence-electron chi connectivity index (χ4n) is 1.25. The van der Waals surface area contributed by atoms with E-state index in [-0.39, 0.29) is 5.91 Å². The molecule has 2 N–H and O–H groups in total. The average molecular weight is 321 g/mol. The Labute approximate surface area is 114 Å². The number of ether oxygens (including phenoxy) is 1. The van der Waals surface area contributed by atoms with Gasteiger partial charge in [-0.25, -0.2) is 0 Å². The summed E-state index contributed by atoms with van der Waals surface area (Å²) in [5, 5.41) is 5.92. The van der Waals surface area contributed by atoms with Crippen LogP contribution >= 0.6 is 27.3 Å². The van der Waals surface area contributed by atoms with Crippen LogP contribution in [0.2, 0.25) is 0 Å². The maximum atomic E-state index is 11.4. The zero-order chi connectivity index (χ0) is 12.5. The molecule has 0 spiro atoms. The molecule has 1 rings (SSSR count). The van der Waals surface area contributed by atoms with Gasteiger partial charge < -0.3 is 15.4 Å². The molecule has 0 saturated carbocycles. The highest BCUT2D eigenvalue weighted by Gasteiger charge is 2.01. The monoisotopic (exact) mass is 320 g/mol. The molecule has 0 bridgehead atoms. The summed E-state index contributed by atoms with van der Waals surface area (Å²) in [7, 11) is 1.66.